The van der Waals surface area contributed by atoms with Crippen LogP contribution in [0.5, 0.6) is 0 Å². The third kappa shape index (κ3) is 5.68. The largest absolute Gasteiger partial charge is 0.416 e. The van der Waals surface area contributed by atoms with E-state index in [0.717, 1.165) is 17.7 Å². The van der Waals surface area contributed by atoms with Gasteiger partial charge in [-0.3, -0.25) is 9.59 Å². The lowest BCUT2D eigenvalue weighted by atomic mass is 9.98. The zero-order valence-corrected chi connectivity index (χ0v) is 18.4. The van der Waals surface area contributed by atoms with Crippen LogP contribution in [0.4, 0.5) is 24.0 Å². The van der Waals surface area contributed by atoms with Crippen LogP contribution < -0.4 is 10.6 Å². The van der Waals surface area contributed by atoms with Crippen molar-refractivity contribution < 1.29 is 22.8 Å². The normalized spacial score (nSPS) is 11.1. The lowest BCUT2D eigenvalue weighted by Gasteiger charge is -2.12. The van der Waals surface area contributed by atoms with Crippen molar-refractivity contribution in [1.82, 2.24) is 4.98 Å². The molecule has 0 saturated heterocycles. The van der Waals surface area contributed by atoms with Crippen LogP contribution in [-0.2, 0) is 17.4 Å². The molecular formula is C25H18F3N3O2S. The molecule has 0 saturated carbocycles. The quantitative estimate of drug-likeness (QED) is 0.341. The topological polar surface area (TPSA) is 71.1 Å². The van der Waals surface area contributed by atoms with E-state index in [1.807, 2.05) is 0 Å². The predicted octanol–water partition coefficient (Wildman–Crippen LogP) is 6.26. The minimum atomic E-state index is -4.43. The van der Waals surface area contributed by atoms with E-state index >= 15 is 0 Å². The van der Waals surface area contributed by atoms with E-state index in [4.69, 9.17) is 0 Å². The third-order valence-corrected chi connectivity index (χ3v) is 5.64. The first-order valence-corrected chi connectivity index (χ1v) is 11.0. The van der Waals surface area contributed by atoms with Crippen LogP contribution in [0.25, 0.3) is 11.1 Å². The predicted molar refractivity (Wildman–Crippen MR) is 126 cm³/mol. The van der Waals surface area contributed by atoms with Crippen LogP contribution in [0.15, 0.2) is 84.4 Å². The standard InChI is InChI=1S/C25H18F3N3O2S/c26-25(27,28)18-9-7-17(8-10-18)20-3-1-2-4-21(20)23(33)30-19-11-5-16(6-12-19)15-22(32)31-24-29-13-14-34-24/h1-14H,15H2,(H,30,33)(H,29,31,32). The van der Waals surface area contributed by atoms with Gasteiger partial charge in [-0.15, -0.1) is 11.3 Å². The molecule has 0 spiro atoms. The Morgan fingerprint density at radius 2 is 1.59 bits per heavy atom. The number of carbonyl (C=O) groups excluding carboxylic acids is 2. The second kappa shape index (κ2) is 9.88. The van der Waals surface area contributed by atoms with E-state index in [-0.39, 0.29) is 12.3 Å². The number of amides is 2. The van der Waals surface area contributed by atoms with Gasteiger partial charge in [0.2, 0.25) is 5.91 Å². The van der Waals surface area contributed by atoms with Gasteiger partial charge in [0.15, 0.2) is 5.13 Å². The smallest absolute Gasteiger partial charge is 0.322 e. The summed E-state index contributed by atoms with van der Waals surface area (Å²) >= 11 is 1.33. The molecular weight excluding hydrogens is 463 g/mol. The first kappa shape index (κ1) is 23.2. The van der Waals surface area contributed by atoms with Crippen LogP contribution in [0.3, 0.4) is 0 Å². The molecule has 0 aliphatic heterocycles. The van der Waals surface area contributed by atoms with E-state index in [9.17, 15) is 22.8 Å². The Balaban J connectivity index is 1.44. The minimum Gasteiger partial charge on any atom is -0.322 e. The van der Waals surface area contributed by atoms with Crippen molar-refractivity contribution >= 4 is 34.0 Å². The molecule has 0 atom stereocenters. The molecule has 4 aromatic rings. The van der Waals surface area contributed by atoms with Gasteiger partial charge in [-0.1, -0.05) is 42.5 Å². The maximum absolute atomic E-state index is 12.9. The number of hydrogen-bond donors (Lipinski definition) is 2. The summed E-state index contributed by atoms with van der Waals surface area (Å²) in [5, 5.41) is 7.80. The Labute approximate surface area is 197 Å². The molecule has 4 rings (SSSR count). The molecule has 0 radical (unpaired) electrons. The number of rotatable bonds is 6. The number of halogens is 3. The number of alkyl halides is 3. The monoisotopic (exact) mass is 481 g/mol. The van der Waals surface area contributed by atoms with E-state index in [1.165, 1.54) is 23.5 Å². The molecule has 1 heterocycles. The van der Waals surface area contributed by atoms with Crippen molar-refractivity contribution in [3.63, 3.8) is 0 Å². The molecule has 1 aromatic heterocycles. The number of nitrogens with one attached hydrogen (secondary N) is 2. The van der Waals surface area contributed by atoms with Gasteiger partial charge in [0, 0.05) is 22.8 Å². The number of nitrogens with zero attached hydrogens (tertiary/aromatic N) is 1. The lowest BCUT2D eigenvalue weighted by molar-refractivity contribution is -0.137. The lowest BCUT2D eigenvalue weighted by Crippen LogP contribution is -2.15. The third-order valence-electron chi connectivity index (χ3n) is 4.95. The zero-order valence-electron chi connectivity index (χ0n) is 17.6. The Morgan fingerprint density at radius 3 is 2.24 bits per heavy atom. The van der Waals surface area contributed by atoms with Gasteiger partial charge in [-0.05, 0) is 47.0 Å². The first-order valence-electron chi connectivity index (χ1n) is 10.2. The summed E-state index contributed by atoms with van der Waals surface area (Å²) in [6.07, 6.45) is -2.67. The summed E-state index contributed by atoms with van der Waals surface area (Å²) in [6, 6.07) is 18.2. The van der Waals surface area contributed by atoms with Crippen LogP contribution in [-0.4, -0.2) is 16.8 Å². The van der Waals surface area contributed by atoms with Crippen molar-refractivity contribution in [1.29, 1.82) is 0 Å². The number of aromatic nitrogens is 1. The van der Waals surface area contributed by atoms with Gasteiger partial charge in [-0.2, -0.15) is 13.2 Å². The van der Waals surface area contributed by atoms with Gasteiger partial charge in [0.05, 0.1) is 12.0 Å². The summed E-state index contributed by atoms with van der Waals surface area (Å²) in [7, 11) is 0. The van der Waals surface area contributed by atoms with Gasteiger partial charge >= 0.3 is 6.18 Å². The number of hydrogen-bond acceptors (Lipinski definition) is 4. The van der Waals surface area contributed by atoms with Crippen molar-refractivity contribution in [3.8, 4) is 11.1 Å². The molecule has 9 heteroatoms. The van der Waals surface area contributed by atoms with E-state index in [0.29, 0.717) is 27.5 Å². The minimum absolute atomic E-state index is 0.157. The summed E-state index contributed by atoms with van der Waals surface area (Å²) in [5.41, 5.74) is 1.88. The van der Waals surface area contributed by atoms with Gasteiger partial charge in [0.1, 0.15) is 0 Å². The Kier molecular flexibility index (Phi) is 6.74. The number of anilines is 2. The SMILES string of the molecule is O=C(Cc1ccc(NC(=O)c2ccccc2-c2ccc(C(F)(F)F)cc2)cc1)Nc1nccs1. The second-order valence-electron chi connectivity index (χ2n) is 7.33. The molecule has 5 nitrogen and oxygen atoms in total. The molecule has 0 unspecified atom stereocenters. The zero-order chi connectivity index (χ0) is 24.1. The number of thiazole rings is 1. The molecule has 2 N–H and O–H groups in total. The number of carbonyl (C=O) groups is 2. The molecule has 0 bridgehead atoms. The maximum atomic E-state index is 12.9. The van der Waals surface area contributed by atoms with Gasteiger partial charge in [-0.25, -0.2) is 4.98 Å². The summed E-state index contributed by atoms with van der Waals surface area (Å²) in [4.78, 5) is 29.0. The molecule has 0 aliphatic rings. The highest BCUT2D eigenvalue weighted by Crippen LogP contribution is 2.32. The summed E-state index contributed by atoms with van der Waals surface area (Å²) < 4.78 is 38.6. The van der Waals surface area contributed by atoms with Crippen LogP contribution >= 0.6 is 11.3 Å². The van der Waals surface area contributed by atoms with Crippen LogP contribution in [0.2, 0.25) is 0 Å². The fraction of sp³-hybridized carbons (Fsp3) is 0.0800. The Hall–Kier alpha value is -3.98. The molecule has 0 fully saturated rings. The highest BCUT2D eigenvalue weighted by Gasteiger charge is 2.30. The van der Waals surface area contributed by atoms with Crippen molar-refractivity contribution in [3.05, 3.63) is 101 Å². The summed E-state index contributed by atoms with van der Waals surface area (Å²) in [5.74, 6) is -0.595. The van der Waals surface area contributed by atoms with Crippen molar-refractivity contribution in [2.45, 2.75) is 12.6 Å². The Morgan fingerprint density at radius 1 is 0.882 bits per heavy atom. The van der Waals surface area contributed by atoms with E-state index < -0.39 is 17.6 Å². The molecule has 34 heavy (non-hydrogen) atoms. The van der Waals surface area contributed by atoms with Crippen LogP contribution in [0.1, 0.15) is 21.5 Å². The number of benzene rings is 3. The van der Waals surface area contributed by atoms with Crippen molar-refractivity contribution in [2.24, 2.45) is 0 Å². The van der Waals surface area contributed by atoms with Crippen molar-refractivity contribution in [2.75, 3.05) is 10.6 Å². The highest BCUT2D eigenvalue weighted by molar-refractivity contribution is 7.13. The van der Waals surface area contributed by atoms with Crippen LogP contribution in [0, 0.1) is 0 Å². The van der Waals surface area contributed by atoms with Gasteiger partial charge in [0.25, 0.3) is 5.91 Å². The molecule has 3 aromatic carbocycles. The average molecular weight is 481 g/mol. The first-order chi connectivity index (χ1) is 16.3. The maximum Gasteiger partial charge on any atom is 0.416 e. The Bertz CT molecular complexity index is 1290. The van der Waals surface area contributed by atoms with E-state index in [1.54, 1.807) is 60.1 Å². The average Bonchev–Trinajstić information content (AvgIpc) is 3.33. The second-order valence-corrected chi connectivity index (χ2v) is 8.23. The van der Waals surface area contributed by atoms with Gasteiger partial charge < -0.3 is 10.6 Å². The van der Waals surface area contributed by atoms with E-state index in [2.05, 4.69) is 15.6 Å². The summed E-state index contributed by atoms with van der Waals surface area (Å²) in [6.45, 7) is 0. The molecule has 172 valence electrons. The highest BCUT2D eigenvalue weighted by atomic mass is 32.1. The fourth-order valence-corrected chi connectivity index (χ4v) is 3.86. The molecule has 2 amide bonds. The molecule has 0 aliphatic carbocycles. The fourth-order valence-electron chi connectivity index (χ4n) is 3.31.